The van der Waals surface area contributed by atoms with Crippen molar-refractivity contribution >= 4 is 39.8 Å². The van der Waals surface area contributed by atoms with Crippen molar-refractivity contribution in [1.29, 1.82) is 0 Å². The van der Waals surface area contributed by atoms with Crippen molar-refractivity contribution in [3.8, 4) is 0 Å². The van der Waals surface area contributed by atoms with Gasteiger partial charge in [0, 0.05) is 11.7 Å². The van der Waals surface area contributed by atoms with Crippen LogP contribution in [0.15, 0.2) is 60.7 Å². The van der Waals surface area contributed by atoms with Crippen molar-refractivity contribution in [3.05, 3.63) is 71.8 Å². The molecule has 0 amide bonds. The van der Waals surface area contributed by atoms with Crippen molar-refractivity contribution in [2.75, 3.05) is 0 Å². The zero-order valence-electron chi connectivity index (χ0n) is 13.1. The van der Waals surface area contributed by atoms with Crippen LogP contribution >= 0.6 is 22.6 Å². The molecule has 2 aromatic carbocycles. The molecule has 0 fully saturated rings. The number of rotatable bonds is 5. The van der Waals surface area contributed by atoms with E-state index >= 15 is 0 Å². The summed E-state index contributed by atoms with van der Waals surface area (Å²) in [6, 6.07) is 22.9. The minimum atomic E-state index is -1.04. The highest BCUT2D eigenvalue weighted by atomic mass is 127. The maximum absolute atomic E-state index is 2.52. The van der Waals surface area contributed by atoms with E-state index < -0.39 is 8.07 Å². The lowest BCUT2D eigenvalue weighted by atomic mass is 10.0. The Labute approximate surface area is 143 Å². The second-order valence-corrected chi connectivity index (χ2v) is 13.3. The molecule has 0 nitrogen and oxygen atoms in total. The zero-order valence-corrected chi connectivity index (χ0v) is 16.2. The van der Waals surface area contributed by atoms with Gasteiger partial charge in [0.1, 0.15) is 0 Å². The first-order valence-electron chi connectivity index (χ1n) is 7.47. The molecule has 0 heterocycles. The summed E-state index contributed by atoms with van der Waals surface area (Å²) >= 11 is 2.52. The van der Waals surface area contributed by atoms with E-state index in [1.807, 2.05) is 0 Å². The monoisotopic (exact) mass is 406 g/mol. The van der Waals surface area contributed by atoms with Crippen LogP contribution in [-0.4, -0.2) is 8.07 Å². The summed E-state index contributed by atoms with van der Waals surface area (Å²) in [6.07, 6.45) is 1.17. The summed E-state index contributed by atoms with van der Waals surface area (Å²) < 4.78 is 1.39. The van der Waals surface area contributed by atoms with Gasteiger partial charge in [0.25, 0.3) is 0 Å². The van der Waals surface area contributed by atoms with Crippen molar-refractivity contribution < 1.29 is 0 Å². The minimum Gasteiger partial charge on any atom is -0.0695 e. The third kappa shape index (κ3) is 5.11. The van der Waals surface area contributed by atoms with Gasteiger partial charge in [-0.3, -0.25) is 0 Å². The fraction of sp³-hybridized carbons (Fsp3) is 0.263. The van der Waals surface area contributed by atoms with E-state index in [0.29, 0.717) is 0 Å². The van der Waals surface area contributed by atoms with Crippen molar-refractivity contribution in [2.24, 2.45) is 0 Å². The molecule has 0 unspecified atom stereocenters. The highest BCUT2D eigenvalue weighted by Crippen LogP contribution is 2.35. The predicted octanol–water partition coefficient (Wildman–Crippen LogP) is 6.72. The van der Waals surface area contributed by atoms with Crippen LogP contribution in [0.4, 0.5) is 0 Å². The maximum Gasteiger partial charge on any atom is 0.0445 e. The standard InChI is InChI=1S/C19H23ISi/c1-21(2,3)15-14-18(16-10-6-4-7-11-16)19(20)17-12-8-5-9-13-17/h4-13H,14-15H2,1-3H3/b19-18+. The van der Waals surface area contributed by atoms with E-state index in [1.165, 1.54) is 32.7 Å². The van der Waals surface area contributed by atoms with Gasteiger partial charge < -0.3 is 0 Å². The van der Waals surface area contributed by atoms with E-state index in [2.05, 4.69) is 103 Å². The van der Waals surface area contributed by atoms with Gasteiger partial charge in [0.05, 0.1) is 0 Å². The first kappa shape index (κ1) is 16.5. The lowest BCUT2D eigenvalue weighted by Gasteiger charge is -2.19. The van der Waals surface area contributed by atoms with Crippen molar-refractivity contribution in [2.45, 2.75) is 32.1 Å². The number of benzene rings is 2. The van der Waals surface area contributed by atoms with E-state index in [9.17, 15) is 0 Å². The highest BCUT2D eigenvalue weighted by molar-refractivity contribution is 14.1. The molecule has 0 saturated heterocycles. The molecule has 0 aliphatic carbocycles. The SMILES string of the molecule is C[Si](C)(C)CC/C(=C(\I)c1ccccc1)c1ccccc1. The summed E-state index contributed by atoms with van der Waals surface area (Å²) in [7, 11) is -1.04. The fourth-order valence-corrected chi connectivity index (χ4v) is 4.22. The lowest BCUT2D eigenvalue weighted by Crippen LogP contribution is -2.18. The third-order valence-electron chi connectivity index (χ3n) is 3.54. The topological polar surface area (TPSA) is 0 Å². The Morgan fingerprint density at radius 1 is 0.810 bits per heavy atom. The second-order valence-electron chi connectivity index (χ2n) is 6.59. The first-order valence-corrected chi connectivity index (χ1v) is 12.3. The van der Waals surface area contributed by atoms with Gasteiger partial charge in [-0.05, 0) is 45.7 Å². The molecule has 2 heteroatoms. The van der Waals surface area contributed by atoms with Crippen LogP contribution in [0.1, 0.15) is 17.5 Å². The van der Waals surface area contributed by atoms with E-state index in [4.69, 9.17) is 0 Å². The Morgan fingerprint density at radius 2 is 1.29 bits per heavy atom. The van der Waals surface area contributed by atoms with Crippen molar-refractivity contribution in [3.63, 3.8) is 0 Å². The minimum absolute atomic E-state index is 1.04. The molecule has 0 N–H and O–H groups in total. The Morgan fingerprint density at radius 3 is 1.76 bits per heavy atom. The Hall–Kier alpha value is -0.873. The average molecular weight is 406 g/mol. The van der Waals surface area contributed by atoms with Crippen LogP contribution in [0.25, 0.3) is 9.15 Å². The molecule has 2 aromatic rings. The Balaban J connectivity index is 2.40. The molecule has 0 aromatic heterocycles. The maximum atomic E-state index is 2.52. The molecule has 110 valence electrons. The van der Waals surface area contributed by atoms with Gasteiger partial charge in [-0.2, -0.15) is 0 Å². The van der Waals surface area contributed by atoms with Crippen LogP contribution in [0.2, 0.25) is 25.7 Å². The van der Waals surface area contributed by atoms with Crippen LogP contribution in [0.5, 0.6) is 0 Å². The van der Waals surface area contributed by atoms with E-state index in [-0.39, 0.29) is 0 Å². The summed E-state index contributed by atoms with van der Waals surface area (Å²) in [4.78, 5) is 0. The molecule has 0 atom stereocenters. The first-order chi connectivity index (χ1) is 9.97. The largest absolute Gasteiger partial charge is 0.0695 e. The van der Waals surface area contributed by atoms with Gasteiger partial charge in [-0.25, -0.2) is 0 Å². The number of allylic oxidation sites excluding steroid dienone is 1. The Bertz CT molecular complexity index is 594. The van der Waals surface area contributed by atoms with Crippen LogP contribution in [0, 0.1) is 0 Å². The molecule has 0 aliphatic heterocycles. The quantitative estimate of drug-likeness (QED) is 0.294. The zero-order chi connectivity index (χ0) is 15.3. The number of halogens is 1. The lowest BCUT2D eigenvalue weighted by molar-refractivity contribution is 1.18. The van der Waals surface area contributed by atoms with Gasteiger partial charge in [-0.15, -0.1) is 0 Å². The molecule has 21 heavy (non-hydrogen) atoms. The molecular formula is C19H23ISi. The normalized spacial score (nSPS) is 13.0. The van der Waals surface area contributed by atoms with Crippen LogP contribution < -0.4 is 0 Å². The van der Waals surface area contributed by atoms with Gasteiger partial charge >= 0.3 is 0 Å². The smallest absolute Gasteiger partial charge is 0.0445 e. The van der Waals surface area contributed by atoms with Gasteiger partial charge in [-0.1, -0.05) is 86.3 Å². The molecule has 0 spiro atoms. The van der Waals surface area contributed by atoms with Gasteiger partial charge in [0.2, 0.25) is 0 Å². The summed E-state index contributed by atoms with van der Waals surface area (Å²) in [5.41, 5.74) is 4.18. The molecule has 2 rings (SSSR count). The second kappa shape index (κ2) is 7.41. The molecule has 0 saturated carbocycles. The van der Waals surface area contributed by atoms with Crippen LogP contribution in [-0.2, 0) is 0 Å². The molecule has 0 bridgehead atoms. The van der Waals surface area contributed by atoms with E-state index in [0.717, 1.165) is 0 Å². The average Bonchev–Trinajstić information content (AvgIpc) is 2.48. The molecule has 0 aliphatic rings. The fourth-order valence-electron chi connectivity index (χ4n) is 2.28. The van der Waals surface area contributed by atoms with Gasteiger partial charge in [0.15, 0.2) is 0 Å². The third-order valence-corrected chi connectivity index (χ3v) is 6.56. The highest BCUT2D eigenvalue weighted by Gasteiger charge is 2.16. The predicted molar refractivity (Wildman–Crippen MR) is 106 cm³/mol. The van der Waals surface area contributed by atoms with Crippen LogP contribution in [0.3, 0.4) is 0 Å². The Kier molecular flexibility index (Phi) is 5.82. The molecule has 0 radical (unpaired) electrons. The van der Waals surface area contributed by atoms with E-state index in [1.54, 1.807) is 0 Å². The van der Waals surface area contributed by atoms with Crippen molar-refractivity contribution in [1.82, 2.24) is 0 Å². The number of hydrogen-bond acceptors (Lipinski definition) is 0. The summed E-state index contributed by atoms with van der Waals surface area (Å²) in [6.45, 7) is 7.35. The summed E-state index contributed by atoms with van der Waals surface area (Å²) in [5, 5.41) is 0. The number of hydrogen-bond donors (Lipinski definition) is 0. The molecular weight excluding hydrogens is 383 g/mol. The summed E-state index contributed by atoms with van der Waals surface area (Å²) in [5.74, 6) is 0.